The molecule has 0 spiro atoms. The average Bonchev–Trinajstić information content (AvgIpc) is 2.96. The van der Waals surface area contributed by atoms with Crippen LogP contribution >= 0.6 is 0 Å². The first-order chi connectivity index (χ1) is 17.9. The standard InChI is InChI=1S/C36H28/c1-2-10-25(11-3-1)27-18-21-28(22-19-27)35-31-14-6-8-16-33(31)36(34-17-9-7-15-32(34)35)30-23-20-26-12-4-5-13-29(26)24-30/h1-18,21,24H,19-20,22-23H2. The van der Waals surface area contributed by atoms with Crippen LogP contribution in [0.3, 0.4) is 0 Å². The van der Waals surface area contributed by atoms with E-state index in [1.165, 1.54) is 66.1 Å². The largest absolute Gasteiger partial charge is 0.0622 e. The fourth-order valence-electron chi connectivity index (χ4n) is 6.19. The third-order valence-corrected chi connectivity index (χ3v) is 7.92. The molecule has 0 saturated heterocycles. The lowest BCUT2D eigenvalue weighted by molar-refractivity contribution is 1.00. The van der Waals surface area contributed by atoms with Crippen molar-refractivity contribution in [2.75, 3.05) is 0 Å². The molecule has 0 heterocycles. The minimum atomic E-state index is 1.06. The number of allylic oxidation sites excluding steroid dienone is 5. The van der Waals surface area contributed by atoms with Crippen LogP contribution in [-0.4, -0.2) is 0 Å². The number of hydrogen-bond acceptors (Lipinski definition) is 0. The molecule has 0 unspecified atom stereocenters. The molecule has 0 radical (unpaired) electrons. The molecule has 36 heavy (non-hydrogen) atoms. The molecule has 0 heteroatoms. The van der Waals surface area contributed by atoms with Gasteiger partial charge in [-0.05, 0) is 91.8 Å². The Balaban J connectivity index is 1.46. The van der Waals surface area contributed by atoms with Crippen LogP contribution in [0.1, 0.15) is 47.1 Å². The van der Waals surface area contributed by atoms with E-state index in [0.29, 0.717) is 0 Å². The van der Waals surface area contributed by atoms with Crippen molar-refractivity contribution in [1.82, 2.24) is 0 Å². The molecule has 7 rings (SSSR count). The predicted octanol–water partition coefficient (Wildman–Crippen LogP) is 9.74. The minimum absolute atomic E-state index is 1.06. The zero-order chi connectivity index (χ0) is 23.9. The highest BCUT2D eigenvalue weighted by Crippen LogP contribution is 2.44. The van der Waals surface area contributed by atoms with Crippen LogP contribution in [-0.2, 0) is 6.42 Å². The summed E-state index contributed by atoms with van der Waals surface area (Å²) in [4.78, 5) is 0. The molecule has 0 aliphatic heterocycles. The molecule has 172 valence electrons. The summed E-state index contributed by atoms with van der Waals surface area (Å²) in [5, 5.41) is 5.48. The van der Waals surface area contributed by atoms with E-state index in [9.17, 15) is 0 Å². The Kier molecular flexibility index (Phi) is 5.17. The summed E-state index contributed by atoms with van der Waals surface area (Å²) in [5.74, 6) is 0. The van der Waals surface area contributed by atoms with Crippen molar-refractivity contribution in [3.63, 3.8) is 0 Å². The van der Waals surface area contributed by atoms with E-state index in [1.54, 1.807) is 0 Å². The summed E-state index contributed by atoms with van der Waals surface area (Å²) in [6.07, 6.45) is 11.5. The van der Waals surface area contributed by atoms with Crippen molar-refractivity contribution >= 4 is 44.3 Å². The van der Waals surface area contributed by atoms with E-state index in [1.807, 2.05) is 0 Å². The van der Waals surface area contributed by atoms with Crippen LogP contribution in [0.5, 0.6) is 0 Å². The number of hydrogen-bond donors (Lipinski definition) is 0. The second-order valence-electron chi connectivity index (χ2n) is 9.96. The molecule has 2 aliphatic rings. The lowest BCUT2D eigenvalue weighted by Crippen LogP contribution is -2.02. The maximum atomic E-state index is 2.43. The van der Waals surface area contributed by atoms with Gasteiger partial charge >= 0.3 is 0 Å². The van der Waals surface area contributed by atoms with Crippen LogP contribution in [0, 0.1) is 0 Å². The topological polar surface area (TPSA) is 0 Å². The van der Waals surface area contributed by atoms with E-state index >= 15 is 0 Å². The Morgan fingerprint density at radius 3 is 1.53 bits per heavy atom. The van der Waals surface area contributed by atoms with E-state index in [-0.39, 0.29) is 0 Å². The number of aryl methyl sites for hydroxylation is 1. The highest BCUT2D eigenvalue weighted by atomic mass is 14.2. The van der Waals surface area contributed by atoms with Crippen molar-refractivity contribution in [2.45, 2.75) is 25.7 Å². The van der Waals surface area contributed by atoms with Crippen molar-refractivity contribution in [3.05, 3.63) is 143 Å². The highest BCUT2D eigenvalue weighted by Gasteiger charge is 2.21. The van der Waals surface area contributed by atoms with E-state index < -0.39 is 0 Å². The van der Waals surface area contributed by atoms with Gasteiger partial charge in [-0.15, -0.1) is 0 Å². The Bertz CT molecular complexity index is 1650. The first-order valence-corrected chi connectivity index (χ1v) is 13.0. The van der Waals surface area contributed by atoms with Gasteiger partial charge in [-0.3, -0.25) is 0 Å². The van der Waals surface area contributed by atoms with Gasteiger partial charge in [0.25, 0.3) is 0 Å². The third kappa shape index (κ3) is 3.53. The molecule has 0 aromatic heterocycles. The molecule has 0 fully saturated rings. The fourth-order valence-corrected chi connectivity index (χ4v) is 6.19. The van der Waals surface area contributed by atoms with Crippen molar-refractivity contribution in [3.8, 4) is 0 Å². The summed E-state index contributed by atoms with van der Waals surface area (Å²) in [7, 11) is 0. The van der Waals surface area contributed by atoms with Gasteiger partial charge in [-0.2, -0.15) is 0 Å². The van der Waals surface area contributed by atoms with Gasteiger partial charge in [0.15, 0.2) is 0 Å². The van der Waals surface area contributed by atoms with Gasteiger partial charge in [0.05, 0.1) is 0 Å². The van der Waals surface area contributed by atoms with Crippen molar-refractivity contribution in [1.29, 1.82) is 0 Å². The van der Waals surface area contributed by atoms with Gasteiger partial charge in [0.2, 0.25) is 0 Å². The minimum Gasteiger partial charge on any atom is -0.0622 e. The molecule has 5 aromatic carbocycles. The predicted molar refractivity (Wildman–Crippen MR) is 156 cm³/mol. The second-order valence-corrected chi connectivity index (χ2v) is 9.96. The SMILES string of the molecule is C1=C(c2ccccc2)CCC(c2c3ccccc3c(C3=Cc4ccccc4CC3)c3ccccc23)=C1. The maximum absolute atomic E-state index is 2.43. The summed E-state index contributed by atoms with van der Waals surface area (Å²) < 4.78 is 0. The number of rotatable bonds is 3. The van der Waals surface area contributed by atoms with Gasteiger partial charge in [-0.25, -0.2) is 0 Å². The fraction of sp³-hybridized carbons (Fsp3) is 0.111. The quantitative estimate of drug-likeness (QED) is 0.235. The first kappa shape index (κ1) is 21.1. The van der Waals surface area contributed by atoms with E-state index in [0.717, 1.165) is 25.7 Å². The maximum Gasteiger partial charge on any atom is -0.00665 e. The molecule has 0 atom stereocenters. The van der Waals surface area contributed by atoms with Crippen molar-refractivity contribution < 1.29 is 0 Å². The van der Waals surface area contributed by atoms with Crippen LogP contribution in [0.15, 0.2) is 115 Å². The normalized spacial score (nSPS) is 15.3. The zero-order valence-electron chi connectivity index (χ0n) is 20.4. The van der Waals surface area contributed by atoms with Gasteiger partial charge in [0, 0.05) is 0 Å². The summed E-state index contributed by atoms with van der Waals surface area (Å²) >= 11 is 0. The lowest BCUT2D eigenvalue weighted by atomic mass is 9.80. The molecule has 0 nitrogen and oxygen atoms in total. The molecule has 5 aromatic rings. The van der Waals surface area contributed by atoms with Crippen LogP contribution in [0.2, 0.25) is 0 Å². The third-order valence-electron chi connectivity index (χ3n) is 7.92. The van der Waals surface area contributed by atoms with Crippen LogP contribution < -0.4 is 0 Å². The van der Waals surface area contributed by atoms with Gasteiger partial charge in [0.1, 0.15) is 0 Å². The monoisotopic (exact) mass is 460 g/mol. The molecule has 0 amide bonds. The Morgan fingerprint density at radius 2 is 0.889 bits per heavy atom. The van der Waals surface area contributed by atoms with Crippen LogP contribution in [0.4, 0.5) is 0 Å². The van der Waals surface area contributed by atoms with E-state index in [4.69, 9.17) is 0 Å². The second kappa shape index (κ2) is 8.81. The molecule has 0 N–H and O–H groups in total. The number of benzene rings is 5. The average molecular weight is 461 g/mol. The first-order valence-electron chi connectivity index (χ1n) is 13.0. The van der Waals surface area contributed by atoms with Crippen molar-refractivity contribution in [2.24, 2.45) is 0 Å². The van der Waals surface area contributed by atoms with Gasteiger partial charge in [-0.1, -0.05) is 121 Å². The Labute approximate surface area is 212 Å². The molecule has 2 aliphatic carbocycles. The summed E-state index contributed by atoms with van der Waals surface area (Å²) in [6, 6.07) is 37.8. The van der Waals surface area contributed by atoms with E-state index in [2.05, 4.69) is 121 Å². The zero-order valence-corrected chi connectivity index (χ0v) is 20.4. The summed E-state index contributed by atoms with van der Waals surface area (Å²) in [6.45, 7) is 0. The Morgan fingerprint density at radius 1 is 0.389 bits per heavy atom. The van der Waals surface area contributed by atoms with Gasteiger partial charge < -0.3 is 0 Å². The lowest BCUT2D eigenvalue weighted by Gasteiger charge is -2.24. The smallest absolute Gasteiger partial charge is 0.00665 e. The summed E-state index contributed by atoms with van der Waals surface area (Å²) in [5.41, 5.74) is 11.3. The number of fused-ring (bicyclic) bond motifs is 3. The molecule has 0 saturated carbocycles. The molecule has 0 bridgehead atoms. The Hall–Kier alpha value is -4.16. The molecular formula is C36H28. The molecular weight excluding hydrogens is 432 g/mol. The van der Waals surface area contributed by atoms with Crippen LogP contribution in [0.25, 0.3) is 44.3 Å². The highest BCUT2D eigenvalue weighted by molar-refractivity contribution is 6.17.